The SMILES string of the molecule is O=C(CSc1cccc(O)c1)N1CCOC1=O. The van der Waals surface area contributed by atoms with E-state index in [1.165, 1.54) is 11.8 Å². The molecule has 17 heavy (non-hydrogen) atoms. The van der Waals surface area contributed by atoms with E-state index >= 15 is 0 Å². The van der Waals surface area contributed by atoms with Gasteiger partial charge in [0.15, 0.2) is 0 Å². The lowest BCUT2D eigenvalue weighted by atomic mass is 10.3. The second-order valence-electron chi connectivity index (χ2n) is 3.45. The first kappa shape index (κ1) is 11.8. The van der Waals surface area contributed by atoms with Crippen molar-refractivity contribution in [3.05, 3.63) is 24.3 Å². The molecule has 0 atom stereocenters. The molecule has 1 N–H and O–H groups in total. The van der Waals surface area contributed by atoms with E-state index in [4.69, 9.17) is 0 Å². The Morgan fingerprint density at radius 2 is 2.35 bits per heavy atom. The van der Waals surface area contributed by atoms with Gasteiger partial charge in [0, 0.05) is 4.90 Å². The number of phenolic OH excluding ortho intramolecular Hbond substituents is 1. The molecule has 0 spiro atoms. The van der Waals surface area contributed by atoms with Crippen LogP contribution in [-0.2, 0) is 9.53 Å². The van der Waals surface area contributed by atoms with E-state index in [2.05, 4.69) is 4.74 Å². The first-order valence-electron chi connectivity index (χ1n) is 5.06. The Bertz CT molecular complexity index is 449. The van der Waals surface area contributed by atoms with Crippen LogP contribution >= 0.6 is 11.8 Å². The van der Waals surface area contributed by atoms with Gasteiger partial charge in [0.05, 0.1) is 12.3 Å². The van der Waals surface area contributed by atoms with Gasteiger partial charge in [0.2, 0.25) is 5.91 Å². The Morgan fingerprint density at radius 3 is 3.00 bits per heavy atom. The molecular weight excluding hydrogens is 242 g/mol. The number of benzene rings is 1. The summed E-state index contributed by atoms with van der Waals surface area (Å²) in [5.74, 6) is 0.0299. The number of rotatable bonds is 3. The molecule has 1 aliphatic rings. The lowest BCUT2D eigenvalue weighted by Crippen LogP contribution is -2.32. The highest BCUT2D eigenvalue weighted by molar-refractivity contribution is 8.00. The maximum atomic E-state index is 11.7. The van der Waals surface area contributed by atoms with Gasteiger partial charge >= 0.3 is 6.09 Å². The molecule has 1 aromatic rings. The minimum atomic E-state index is -0.577. The maximum absolute atomic E-state index is 11.7. The van der Waals surface area contributed by atoms with Gasteiger partial charge in [0.1, 0.15) is 12.4 Å². The Balaban J connectivity index is 1.90. The highest BCUT2D eigenvalue weighted by Gasteiger charge is 2.27. The molecule has 0 radical (unpaired) electrons. The van der Waals surface area contributed by atoms with Crippen LogP contribution < -0.4 is 0 Å². The zero-order chi connectivity index (χ0) is 12.3. The van der Waals surface area contributed by atoms with Crippen molar-refractivity contribution in [2.75, 3.05) is 18.9 Å². The number of imide groups is 1. The van der Waals surface area contributed by atoms with Crippen LogP contribution in [0.1, 0.15) is 0 Å². The first-order valence-corrected chi connectivity index (χ1v) is 6.04. The first-order chi connectivity index (χ1) is 8.16. The van der Waals surface area contributed by atoms with Crippen LogP contribution in [-0.4, -0.2) is 40.9 Å². The van der Waals surface area contributed by atoms with E-state index in [9.17, 15) is 14.7 Å². The molecule has 6 heteroatoms. The van der Waals surface area contributed by atoms with Gasteiger partial charge in [-0.05, 0) is 18.2 Å². The van der Waals surface area contributed by atoms with E-state index in [1.807, 2.05) is 0 Å². The number of aromatic hydroxyl groups is 1. The number of ether oxygens (including phenoxy) is 1. The van der Waals surface area contributed by atoms with E-state index in [1.54, 1.807) is 24.3 Å². The van der Waals surface area contributed by atoms with Crippen molar-refractivity contribution in [1.82, 2.24) is 4.90 Å². The highest BCUT2D eigenvalue weighted by Crippen LogP contribution is 2.22. The number of nitrogens with zero attached hydrogens (tertiary/aromatic N) is 1. The van der Waals surface area contributed by atoms with Gasteiger partial charge < -0.3 is 9.84 Å². The van der Waals surface area contributed by atoms with Gasteiger partial charge in [-0.25, -0.2) is 9.69 Å². The average Bonchev–Trinajstić information content (AvgIpc) is 2.72. The Labute approximate surface area is 102 Å². The molecular formula is C11H11NO4S. The third-order valence-electron chi connectivity index (χ3n) is 2.24. The van der Waals surface area contributed by atoms with Crippen LogP contribution in [0.5, 0.6) is 5.75 Å². The second kappa shape index (κ2) is 5.09. The minimum Gasteiger partial charge on any atom is -0.508 e. The Hall–Kier alpha value is -1.69. The maximum Gasteiger partial charge on any atom is 0.416 e. The lowest BCUT2D eigenvalue weighted by Gasteiger charge is -2.09. The van der Waals surface area contributed by atoms with Crippen LogP contribution in [0.3, 0.4) is 0 Å². The van der Waals surface area contributed by atoms with Crippen molar-refractivity contribution in [2.45, 2.75) is 4.90 Å². The molecule has 90 valence electrons. The summed E-state index contributed by atoms with van der Waals surface area (Å²) in [5.41, 5.74) is 0. The molecule has 0 bridgehead atoms. The summed E-state index contributed by atoms with van der Waals surface area (Å²) in [6, 6.07) is 6.62. The number of thioether (sulfide) groups is 1. The fourth-order valence-corrected chi connectivity index (χ4v) is 2.24. The summed E-state index contributed by atoms with van der Waals surface area (Å²) in [6.07, 6.45) is -0.577. The van der Waals surface area contributed by atoms with Crippen molar-refractivity contribution in [3.63, 3.8) is 0 Å². The molecule has 1 heterocycles. The molecule has 1 saturated heterocycles. The molecule has 1 aliphatic heterocycles. The topological polar surface area (TPSA) is 66.8 Å². The zero-order valence-corrected chi connectivity index (χ0v) is 9.77. The van der Waals surface area contributed by atoms with Gasteiger partial charge in [-0.2, -0.15) is 0 Å². The smallest absolute Gasteiger partial charge is 0.416 e. The van der Waals surface area contributed by atoms with Crippen LogP contribution in [0.4, 0.5) is 4.79 Å². The highest BCUT2D eigenvalue weighted by atomic mass is 32.2. The van der Waals surface area contributed by atoms with Gasteiger partial charge in [-0.1, -0.05) is 6.07 Å². The number of cyclic esters (lactones) is 1. The van der Waals surface area contributed by atoms with E-state index in [0.29, 0.717) is 6.54 Å². The molecule has 0 aliphatic carbocycles. The summed E-state index contributed by atoms with van der Waals surface area (Å²) in [4.78, 5) is 24.6. The van der Waals surface area contributed by atoms with Crippen LogP contribution in [0.2, 0.25) is 0 Å². The molecule has 0 saturated carbocycles. The Morgan fingerprint density at radius 1 is 1.53 bits per heavy atom. The zero-order valence-electron chi connectivity index (χ0n) is 8.96. The second-order valence-corrected chi connectivity index (χ2v) is 4.49. The third kappa shape index (κ3) is 2.91. The number of carbonyl (C=O) groups excluding carboxylic acids is 2. The molecule has 0 unspecified atom stereocenters. The predicted molar refractivity (Wildman–Crippen MR) is 61.9 cm³/mol. The quantitative estimate of drug-likeness (QED) is 0.826. The molecule has 2 rings (SSSR count). The Kier molecular flexibility index (Phi) is 3.53. The van der Waals surface area contributed by atoms with Gasteiger partial charge in [0.25, 0.3) is 0 Å². The standard InChI is InChI=1S/C11H11NO4S/c13-8-2-1-3-9(6-8)17-7-10(14)12-4-5-16-11(12)15/h1-3,6,13H,4-5,7H2. The summed E-state index contributed by atoms with van der Waals surface area (Å²) in [5, 5.41) is 9.25. The number of phenols is 1. The number of hydrogen-bond acceptors (Lipinski definition) is 5. The van der Waals surface area contributed by atoms with Gasteiger partial charge in [-0.15, -0.1) is 11.8 Å². The third-order valence-corrected chi connectivity index (χ3v) is 3.22. The van der Waals surface area contributed by atoms with Crippen molar-refractivity contribution >= 4 is 23.8 Å². The summed E-state index contributed by atoms with van der Waals surface area (Å²) in [6.45, 7) is 0.583. The molecule has 0 aromatic heterocycles. The lowest BCUT2D eigenvalue weighted by molar-refractivity contribution is -0.125. The molecule has 2 amide bonds. The summed E-state index contributed by atoms with van der Waals surface area (Å²) in [7, 11) is 0. The fraction of sp³-hybridized carbons (Fsp3) is 0.273. The van der Waals surface area contributed by atoms with Crippen LogP contribution in [0.25, 0.3) is 0 Å². The summed E-state index contributed by atoms with van der Waals surface area (Å²) >= 11 is 1.27. The average molecular weight is 253 g/mol. The number of amides is 2. The van der Waals surface area contributed by atoms with E-state index < -0.39 is 6.09 Å². The minimum absolute atomic E-state index is 0.151. The number of carbonyl (C=O) groups is 2. The summed E-state index contributed by atoms with van der Waals surface area (Å²) < 4.78 is 4.67. The van der Waals surface area contributed by atoms with Crippen LogP contribution in [0.15, 0.2) is 29.2 Å². The predicted octanol–water partition coefficient (Wildman–Crippen LogP) is 1.46. The fourth-order valence-electron chi connectivity index (χ4n) is 1.42. The van der Waals surface area contributed by atoms with Crippen molar-refractivity contribution < 1.29 is 19.4 Å². The number of hydrogen-bond donors (Lipinski definition) is 1. The monoisotopic (exact) mass is 253 g/mol. The molecule has 5 nitrogen and oxygen atoms in total. The molecule has 1 fully saturated rings. The van der Waals surface area contributed by atoms with Crippen molar-refractivity contribution in [2.24, 2.45) is 0 Å². The van der Waals surface area contributed by atoms with E-state index in [0.717, 1.165) is 9.80 Å². The van der Waals surface area contributed by atoms with Gasteiger partial charge in [-0.3, -0.25) is 4.79 Å². The van der Waals surface area contributed by atoms with E-state index in [-0.39, 0.29) is 24.0 Å². The van der Waals surface area contributed by atoms with Crippen LogP contribution in [0, 0.1) is 0 Å². The normalized spacial score (nSPS) is 14.8. The van der Waals surface area contributed by atoms with Crippen molar-refractivity contribution in [1.29, 1.82) is 0 Å². The largest absolute Gasteiger partial charge is 0.508 e. The van der Waals surface area contributed by atoms with Crippen molar-refractivity contribution in [3.8, 4) is 5.75 Å². The molecule has 1 aromatic carbocycles.